The molecule has 2 spiro atoms. The molecule has 65 heavy (non-hydrogen) atoms. The number of hydrogen-bond acceptors (Lipinski definition) is 12. The molecule has 0 bridgehead atoms. The number of anilines is 4. The first-order valence-electron chi connectivity index (χ1n) is 23.4. The van der Waals surface area contributed by atoms with E-state index >= 15 is 0 Å². The SMILES string of the molecule is CCC(=O)COc1cc2cc(Nc3nc(N4CCC(CN5CCC6(CC5)CC5(CN(c7ccc8c(c7)CN(C7CCC(=O)NC7=O)C8=O)C5)C6)CC4)ncc3Cl)ccc2n(C(C)C)c1=O. The largest absolute Gasteiger partial charge is 0.480 e. The molecule has 7 heterocycles. The minimum absolute atomic E-state index is 0.0732. The fourth-order valence-electron chi connectivity index (χ4n) is 11.7. The molecule has 2 aromatic carbocycles. The number of imide groups is 1. The molecule has 1 atom stereocenters. The Morgan fingerprint density at radius 2 is 1.72 bits per heavy atom. The second kappa shape index (κ2) is 17.0. The van der Waals surface area contributed by atoms with Gasteiger partial charge in [-0.3, -0.25) is 29.3 Å². The van der Waals surface area contributed by atoms with E-state index in [-0.39, 0.29) is 53.9 Å². The van der Waals surface area contributed by atoms with Crippen molar-refractivity contribution in [2.24, 2.45) is 16.7 Å². The molecule has 15 nitrogen and oxygen atoms in total. The maximum Gasteiger partial charge on any atom is 0.293 e. The molecule has 2 N–H and O–H groups in total. The summed E-state index contributed by atoms with van der Waals surface area (Å²) in [4.78, 5) is 81.1. The van der Waals surface area contributed by atoms with Crippen molar-refractivity contribution in [1.29, 1.82) is 0 Å². The Bertz CT molecular complexity index is 2620. The quantitative estimate of drug-likeness (QED) is 0.149. The average molecular weight is 905 g/mol. The lowest BCUT2D eigenvalue weighted by molar-refractivity contribution is -0.137. The number of fused-ring (bicyclic) bond motifs is 2. The van der Waals surface area contributed by atoms with Crippen LogP contribution in [0.25, 0.3) is 10.9 Å². The van der Waals surface area contributed by atoms with Crippen molar-refractivity contribution in [3.63, 3.8) is 0 Å². The minimum Gasteiger partial charge on any atom is -0.480 e. The standard InChI is InChI=1S/C49H58ClN9O6/c1-4-36(60)25-65-41-21-32-19-34(5-8-39(32)59(30(2)3)46(41)64)52-43-38(50)22-51-47(54-43)56-15-11-31(12-16-56)23-55-17-13-48(14-18-55)26-49(27-48)28-57(29-49)35-6-7-37-33(20-35)24-58(45(37)63)40-9-10-42(61)53-44(40)62/h5-8,19-22,30-31,40H,4,9-18,23-29H2,1-3H3,(H,51,52,54)(H,53,61,62). The van der Waals surface area contributed by atoms with E-state index in [2.05, 4.69) is 42.5 Å². The van der Waals surface area contributed by atoms with Crippen molar-refractivity contribution in [2.45, 2.75) is 97.2 Å². The summed E-state index contributed by atoms with van der Waals surface area (Å²) in [5, 5.41) is 6.97. The molecule has 5 fully saturated rings. The van der Waals surface area contributed by atoms with Crippen molar-refractivity contribution >= 4 is 69.1 Å². The Morgan fingerprint density at radius 1 is 0.954 bits per heavy atom. The van der Waals surface area contributed by atoms with Crippen LogP contribution in [-0.2, 0) is 20.9 Å². The van der Waals surface area contributed by atoms with Gasteiger partial charge >= 0.3 is 0 Å². The number of likely N-dealkylation sites (tertiary alicyclic amines) is 1. The van der Waals surface area contributed by atoms with E-state index in [1.165, 1.54) is 25.7 Å². The van der Waals surface area contributed by atoms with Crippen LogP contribution in [0.2, 0.25) is 5.02 Å². The Hall–Kier alpha value is -5.54. The molecule has 6 aliphatic rings. The summed E-state index contributed by atoms with van der Waals surface area (Å²) in [5.74, 6) is 1.09. The fourth-order valence-corrected chi connectivity index (χ4v) is 11.9. The van der Waals surface area contributed by atoms with Crippen LogP contribution in [0.1, 0.15) is 101 Å². The zero-order valence-corrected chi connectivity index (χ0v) is 38.3. The van der Waals surface area contributed by atoms with Gasteiger partial charge in [-0.05, 0) is 131 Å². The number of benzene rings is 2. The average Bonchev–Trinajstić information content (AvgIpc) is 3.59. The molecule has 10 rings (SSSR count). The zero-order valence-electron chi connectivity index (χ0n) is 37.5. The van der Waals surface area contributed by atoms with Gasteiger partial charge in [0.1, 0.15) is 17.7 Å². The highest BCUT2D eigenvalue weighted by molar-refractivity contribution is 6.33. The molecular formula is C49H58ClN9O6. The Morgan fingerprint density at radius 3 is 2.45 bits per heavy atom. The number of piperidine rings is 3. The number of Topliss-reactive ketones (excluding diaryl/α,β-unsaturated/α-hetero) is 1. The monoisotopic (exact) mass is 903 g/mol. The van der Waals surface area contributed by atoms with Gasteiger partial charge in [0.2, 0.25) is 17.8 Å². The number of carbonyl (C=O) groups is 4. The number of carbonyl (C=O) groups excluding carboxylic acids is 4. The number of nitrogens with one attached hydrogen (secondary N) is 2. The van der Waals surface area contributed by atoms with Crippen LogP contribution in [0.3, 0.4) is 0 Å². The number of pyridine rings is 1. The van der Waals surface area contributed by atoms with Gasteiger partial charge in [0, 0.05) is 85.9 Å². The first kappa shape index (κ1) is 43.4. The first-order valence-corrected chi connectivity index (χ1v) is 23.8. The molecule has 342 valence electrons. The van der Waals surface area contributed by atoms with E-state index < -0.39 is 6.04 Å². The van der Waals surface area contributed by atoms with Crippen LogP contribution in [-0.4, -0.2) is 106 Å². The van der Waals surface area contributed by atoms with Crippen molar-refractivity contribution in [2.75, 3.05) is 67.5 Å². The van der Waals surface area contributed by atoms with E-state index in [9.17, 15) is 24.0 Å². The second-order valence-corrected chi connectivity index (χ2v) is 20.3. The summed E-state index contributed by atoms with van der Waals surface area (Å²) in [6.45, 7) is 13.3. The number of rotatable bonds is 12. The molecule has 0 radical (unpaired) electrons. The summed E-state index contributed by atoms with van der Waals surface area (Å²) in [5.41, 5.74) is 4.89. The normalized spacial score (nSPS) is 21.8. The molecule has 4 saturated heterocycles. The number of aromatic nitrogens is 3. The van der Waals surface area contributed by atoms with Crippen molar-refractivity contribution in [1.82, 2.24) is 29.7 Å². The van der Waals surface area contributed by atoms with Gasteiger partial charge < -0.3 is 34.2 Å². The summed E-state index contributed by atoms with van der Waals surface area (Å²) in [6.07, 6.45) is 9.92. The molecule has 1 unspecified atom stereocenters. The van der Waals surface area contributed by atoms with Gasteiger partial charge in [-0.1, -0.05) is 18.5 Å². The molecule has 1 aliphatic carbocycles. The Kier molecular flexibility index (Phi) is 11.4. The predicted octanol–water partition coefficient (Wildman–Crippen LogP) is 6.49. The van der Waals surface area contributed by atoms with E-state index in [1.807, 2.05) is 38.1 Å². The zero-order chi connectivity index (χ0) is 45.2. The van der Waals surface area contributed by atoms with E-state index in [1.54, 1.807) is 28.7 Å². The number of hydrogen-bond donors (Lipinski definition) is 2. The van der Waals surface area contributed by atoms with Crippen LogP contribution in [0.5, 0.6) is 5.75 Å². The molecule has 3 amide bonds. The topological polar surface area (TPSA) is 162 Å². The first-order chi connectivity index (χ1) is 31.3. The number of ketones is 1. The maximum absolute atomic E-state index is 13.3. The lowest BCUT2D eigenvalue weighted by atomic mass is 9.47. The van der Waals surface area contributed by atoms with Crippen molar-refractivity contribution in [3.05, 3.63) is 75.2 Å². The van der Waals surface area contributed by atoms with Crippen molar-refractivity contribution < 1.29 is 23.9 Å². The summed E-state index contributed by atoms with van der Waals surface area (Å²) < 4.78 is 7.38. The van der Waals surface area contributed by atoms with Gasteiger partial charge in [0.05, 0.1) is 11.7 Å². The highest BCUT2D eigenvalue weighted by atomic mass is 35.5. The van der Waals surface area contributed by atoms with Crippen LogP contribution in [0, 0.1) is 16.7 Å². The molecule has 2 aromatic heterocycles. The number of nitrogens with zero attached hydrogens (tertiary/aromatic N) is 7. The third kappa shape index (κ3) is 8.34. The van der Waals surface area contributed by atoms with Gasteiger partial charge in [-0.15, -0.1) is 0 Å². The highest BCUT2D eigenvalue weighted by Crippen LogP contribution is 2.63. The molecule has 5 aliphatic heterocycles. The number of halogens is 1. The fraction of sp³-hybridized carbons (Fsp3) is 0.531. The highest BCUT2D eigenvalue weighted by Gasteiger charge is 2.60. The summed E-state index contributed by atoms with van der Waals surface area (Å²) in [7, 11) is 0. The van der Waals surface area contributed by atoms with Gasteiger partial charge in [0.25, 0.3) is 11.5 Å². The van der Waals surface area contributed by atoms with E-state index in [0.717, 1.165) is 86.5 Å². The van der Waals surface area contributed by atoms with E-state index in [4.69, 9.17) is 21.3 Å². The molecule has 1 saturated carbocycles. The number of amides is 3. The van der Waals surface area contributed by atoms with Crippen molar-refractivity contribution in [3.8, 4) is 5.75 Å². The van der Waals surface area contributed by atoms with Crippen LogP contribution >= 0.6 is 11.6 Å². The molecule has 16 heteroatoms. The number of ether oxygens (including phenoxy) is 1. The van der Waals surface area contributed by atoms with Gasteiger partial charge in [-0.2, -0.15) is 4.98 Å². The van der Waals surface area contributed by atoms with Crippen LogP contribution in [0.15, 0.2) is 53.5 Å². The summed E-state index contributed by atoms with van der Waals surface area (Å²) >= 11 is 6.64. The lowest BCUT2D eigenvalue weighted by Crippen LogP contribution is -2.67. The lowest BCUT2D eigenvalue weighted by Gasteiger charge is -2.66. The van der Waals surface area contributed by atoms with Crippen LogP contribution < -0.4 is 30.7 Å². The van der Waals surface area contributed by atoms with Crippen LogP contribution in [0.4, 0.5) is 23.1 Å². The summed E-state index contributed by atoms with van der Waals surface area (Å²) in [6, 6.07) is 12.8. The third-order valence-corrected chi connectivity index (χ3v) is 15.3. The van der Waals surface area contributed by atoms with Gasteiger partial charge in [-0.25, -0.2) is 4.98 Å². The molecular weight excluding hydrogens is 846 g/mol. The molecule has 4 aromatic rings. The Labute approximate surface area is 383 Å². The third-order valence-electron chi connectivity index (χ3n) is 15.1. The predicted molar refractivity (Wildman–Crippen MR) is 249 cm³/mol. The second-order valence-electron chi connectivity index (χ2n) is 19.9. The minimum atomic E-state index is -0.592. The van der Waals surface area contributed by atoms with E-state index in [0.29, 0.717) is 58.5 Å². The maximum atomic E-state index is 13.3. The Balaban J connectivity index is 0.688. The van der Waals surface area contributed by atoms with Gasteiger partial charge in [0.15, 0.2) is 17.4 Å². The smallest absolute Gasteiger partial charge is 0.293 e.